The van der Waals surface area contributed by atoms with Crippen LogP contribution >= 0.6 is 11.6 Å². The van der Waals surface area contributed by atoms with Gasteiger partial charge in [0.1, 0.15) is 4.90 Å². The molecule has 8 heteroatoms. The zero-order valence-electron chi connectivity index (χ0n) is 11.8. The van der Waals surface area contributed by atoms with Gasteiger partial charge in [0, 0.05) is 6.07 Å². The molecule has 0 aliphatic rings. The lowest BCUT2D eigenvalue weighted by atomic mass is 10.3. The second-order valence-electron chi connectivity index (χ2n) is 4.26. The molecule has 2 aromatic carbocycles. The minimum absolute atomic E-state index is 0.0461. The summed E-state index contributed by atoms with van der Waals surface area (Å²) >= 11 is 5.73. The van der Waals surface area contributed by atoms with E-state index in [1.54, 1.807) is 6.07 Å². The van der Waals surface area contributed by atoms with Crippen LogP contribution in [0.3, 0.4) is 0 Å². The Bertz CT molecular complexity index is 792. The molecule has 6 nitrogen and oxygen atoms in total. The molecule has 0 saturated carbocycles. The Morgan fingerprint density at radius 2 is 1.77 bits per heavy atom. The first kappa shape index (κ1) is 16.3. The molecule has 0 atom stereocenters. The van der Waals surface area contributed by atoms with Gasteiger partial charge in [0.05, 0.1) is 24.9 Å². The number of phenols is 1. The van der Waals surface area contributed by atoms with E-state index >= 15 is 0 Å². The fraction of sp³-hybridized carbons (Fsp3) is 0.143. The van der Waals surface area contributed by atoms with Gasteiger partial charge in [-0.3, -0.25) is 4.72 Å². The van der Waals surface area contributed by atoms with Gasteiger partial charge in [-0.25, -0.2) is 8.42 Å². The maximum atomic E-state index is 12.3. The van der Waals surface area contributed by atoms with Crippen LogP contribution in [0.15, 0.2) is 41.3 Å². The Hall–Kier alpha value is -2.12. The molecule has 0 bridgehead atoms. The van der Waals surface area contributed by atoms with Gasteiger partial charge >= 0.3 is 0 Å². The molecule has 0 aliphatic heterocycles. The Morgan fingerprint density at radius 3 is 2.41 bits per heavy atom. The number of ether oxygens (including phenoxy) is 2. The van der Waals surface area contributed by atoms with Gasteiger partial charge in [-0.15, -0.1) is 0 Å². The lowest BCUT2D eigenvalue weighted by Gasteiger charge is -2.12. The Balaban J connectivity index is 2.39. The molecule has 22 heavy (non-hydrogen) atoms. The van der Waals surface area contributed by atoms with E-state index in [4.69, 9.17) is 21.1 Å². The summed E-state index contributed by atoms with van der Waals surface area (Å²) in [7, 11) is -1.07. The molecule has 0 spiro atoms. The number of nitrogens with one attached hydrogen (secondary N) is 1. The third-order valence-electron chi connectivity index (χ3n) is 2.88. The molecular formula is C14H14ClNO5S. The average molecular weight is 344 g/mol. The fourth-order valence-corrected chi connectivity index (χ4v) is 3.22. The number of hydrogen-bond acceptors (Lipinski definition) is 5. The molecular weight excluding hydrogens is 330 g/mol. The van der Waals surface area contributed by atoms with Crippen LogP contribution in [0.5, 0.6) is 17.2 Å². The van der Waals surface area contributed by atoms with Crippen LogP contribution in [0.4, 0.5) is 5.69 Å². The van der Waals surface area contributed by atoms with Crippen molar-refractivity contribution >= 4 is 27.3 Å². The first-order valence-corrected chi connectivity index (χ1v) is 7.97. The Kier molecular flexibility index (Phi) is 4.68. The Morgan fingerprint density at radius 1 is 1.09 bits per heavy atom. The number of para-hydroxylation sites is 1. The Labute approximate surface area is 133 Å². The predicted octanol–water partition coefficient (Wildman–Crippen LogP) is 2.86. The van der Waals surface area contributed by atoms with Crippen molar-refractivity contribution in [2.75, 3.05) is 18.9 Å². The molecule has 2 N–H and O–H groups in total. The molecule has 0 aromatic heterocycles. The summed E-state index contributed by atoms with van der Waals surface area (Å²) in [6, 6.07) is 8.63. The van der Waals surface area contributed by atoms with E-state index in [2.05, 4.69) is 4.72 Å². The third kappa shape index (κ3) is 3.20. The molecule has 0 unspecified atom stereocenters. The minimum Gasteiger partial charge on any atom is -0.505 e. The van der Waals surface area contributed by atoms with Crippen LogP contribution in [0.1, 0.15) is 0 Å². The first-order valence-electron chi connectivity index (χ1n) is 6.11. The lowest BCUT2D eigenvalue weighted by Crippen LogP contribution is -2.13. The summed E-state index contributed by atoms with van der Waals surface area (Å²) in [4.78, 5) is -0.310. The van der Waals surface area contributed by atoms with Crippen molar-refractivity contribution < 1.29 is 23.0 Å². The highest BCUT2D eigenvalue weighted by atomic mass is 35.5. The highest BCUT2D eigenvalue weighted by Crippen LogP contribution is 2.34. The maximum Gasteiger partial charge on any atom is 0.265 e. The molecule has 0 saturated heterocycles. The molecule has 0 amide bonds. The maximum absolute atomic E-state index is 12.3. The van der Waals surface area contributed by atoms with Gasteiger partial charge < -0.3 is 14.6 Å². The van der Waals surface area contributed by atoms with E-state index < -0.39 is 15.8 Å². The summed E-state index contributed by atoms with van der Waals surface area (Å²) in [6.07, 6.45) is 0. The van der Waals surface area contributed by atoms with Crippen molar-refractivity contribution in [1.82, 2.24) is 0 Å². The van der Waals surface area contributed by atoms with Gasteiger partial charge in [-0.05, 0) is 24.3 Å². The van der Waals surface area contributed by atoms with Crippen LogP contribution in [0.25, 0.3) is 0 Å². The molecule has 0 radical (unpaired) electrons. The van der Waals surface area contributed by atoms with E-state index in [1.807, 2.05) is 0 Å². The van der Waals surface area contributed by atoms with E-state index in [1.165, 1.54) is 44.6 Å². The van der Waals surface area contributed by atoms with Crippen molar-refractivity contribution in [3.8, 4) is 17.2 Å². The third-order valence-corrected chi connectivity index (χ3v) is 4.59. The van der Waals surface area contributed by atoms with Gasteiger partial charge in [0.15, 0.2) is 17.2 Å². The van der Waals surface area contributed by atoms with Crippen LogP contribution in [-0.2, 0) is 10.0 Å². The van der Waals surface area contributed by atoms with Crippen LogP contribution in [-0.4, -0.2) is 27.7 Å². The van der Waals surface area contributed by atoms with Gasteiger partial charge in [-0.1, -0.05) is 17.7 Å². The van der Waals surface area contributed by atoms with Crippen molar-refractivity contribution in [3.63, 3.8) is 0 Å². The predicted molar refractivity (Wildman–Crippen MR) is 83.5 cm³/mol. The van der Waals surface area contributed by atoms with Crippen molar-refractivity contribution in [1.29, 1.82) is 0 Å². The highest BCUT2D eigenvalue weighted by Gasteiger charge is 2.21. The summed E-state index contributed by atoms with van der Waals surface area (Å²) < 4.78 is 37.2. The van der Waals surface area contributed by atoms with E-state index in [9.17, 15) is 13.5 Å². The van der Waals surface area contributed by atoms with E-state index in [0.717, 1.165) is 0 Å². The fourth-order valence-electron chi connectivity index (χ4n) is 1.82. The molecule has 2 aromatic rings. The topological polar surface area (TPSA) is 84.9 Å². The SMILES string of the molecule is COc1ccc(NS(=O)(=O)c2cccc(Cl)c2O)cc1OC. The molecule has 118 valence electrons. The molecule has 0 fully saturated rings. The molecule has 0 heterocycles. The normalized spacial score (nSPS) is 11.0. The standard InChI is InChI=1S/C14H14ClNO5S/c1-20-11-7-6-9(8-12(11)21-2)16-22(18,19)13-5-3-4-10(15)14(13)17/h3-8,16-17H,1-2H3. The summed E-state index contributed by atoms with van der Waals surface area (Å²) in [5.41, 5.74) is 0.261. The van der Waals surface area contributed by atoms with Crippen molar-refractivity contribution in [2.24, 2.45) is 0 Å². The van der Waals surface area contributed by atoms with Gasteiger partial charge in [0.25, 0.3) is 10.0 Å². The van der Waals surface area contributed by atoms with Crippen molar-refractivity contribution in [3.05, 3.63) is 41.4 Å². The number of hydrogen-bond donors (Lipinski definition) is 2. The zero-order chi connectivity index (χ0) is 16.3. The minimum atomic E-state index is -3.99. The summed E-state index contributed by atoms with van der Waals surface area (Å²) in [5, 5.41) is 9.75. The van der Waals surface area contributed by atoms with Crippen LogP contribution in [0.2, 0.25) is 5.02 Å². The van der Waals surface area contributed by atoms with Crippen LogP contribution in [0, 0.1) is 0 Å². The van der Waals surface area contributed by atoms with E-state index in [-0.39, 0.29) is 15.6 Å². The molecule has 2 rings (SSSR count). The summed E-state index contributed by atoms with van der Waals surface area (Å²) in [5.74, 6) is 0.339. The average Bonchev–Trinajstić information content (AvgIpc) is 2.49. The quantitative estimate of drug-likeness (QED) is 0.872. The number of anilines is 1. The zero-order valence-corrected chi connectivity index (χ0v) is 13.4. The second-order valence-corrected chi connectivity index (χ2v) is 6.32. The van der Waals surface area contributed by atoms with Crippen LogP contribution < -0.4 is 14.2 Å². The lowest BCUT2D eigenvalue weighted by molar-refractivity contribution is 0.355. The monoisotopic (exact) mass is 343 g/mol. The summed E-state index contributed by atoms with van der Waals surface area (Å²) in [6.45, 7) is 0. The number of benzene rings is 2. The van der Waals surface area contributed by atoms with Gasteiger partial charge in [-0.2, -0.15) is 0 Å². The van der Waals surface area contributed by atoms with Crippen molar-refractivity contribution in [2.45, 2.75) is 4.90 Å². The van der Waals surface area contributed by atoms with Gasteiger partial charge in [0.2, 0.25) is 0 Å². The molecule has 0 aliphatic carbocycles. The number of aromatic hydroxyl groups is 1. The number of halogens is 1. The number of sulfonamides is 1. The number of rotatable bonds is 5. The number of phenolic OH excluding ortho intramolecular Hbond substituents is 1. The smallest absolute Gasteiger partial charge is 0.265 e. The number of methoxy groups -OCH3 is 2. The largest absolute Gasteiger partial charge is 0.505 e. The van der Waals surface area contributed by atoms with E-state index in [0.29, 0.717) is 11.5 Å². The highest BCUT2D eigenvalue weighted by molar-refractivity contribution is 7.92. The first-order chi connectivity index (χ1) is 10.4. The second kappa shape index (κ2) is 6.33.